The van der Waals surface area contributed by atoms with Crippen LogP contribution in [0.2, 0.25) is 10.0 Å². The standard InChI is InChI=1S/C24H24ClN5O2.C24H23ClN4O3/c1-2-4-21-28-23-17(24(26)31)13-15(29-9-11-32-12-10-29)14-20(23)30(21)19-7-8-27-22-16(19)5-3-6-18(22)25;1-2-4-21-27-23-17(24(30)31)13-15(28-9-11-32-12-10-28)14-20(23)29(21)19-7-8-26-22-16(19)5-3-6-18(22)25/h3,5-8,13-14H,2,4,9-12H2,1H3,(H2,26,31);3,5-8,13-14H,2,4,9-12H2,1H3,(H,30,31). The zero-order valence-corrected chi connectivity index (χ0v) is 37.1. The van der Waals surface area contributed by atoms with E-state index >= 15 is 0 Å². The van der Waals surface area contributed by atoms with Gasteiger partial charge in [-0.25, -0.2) is 14.8 Å². The number of para-hydroxylation sites is 2. The normalized spacial score (nSPS) is 14.4. The van der Waals surface area contributed by atoms with E-state index in [1.807, 2.05) is 60.7 Å². The third-order valence-electron chi connectivity index (χ3n) is 11.7. The Balaban J connectivity index is 0.000000162. The summed E-state index contributed by atoms with van der Waals surface area (Å²) in [5.41, 5.74) is 14.2. The number of primary amides is 1. The summed E-state index contributed by atoms with van der Waals surface area (Å²) in [6, 6.07) is 23.1. The molecule has 4 aromatic carbocycles. The molecule has 328 valence electrons. The van der Waals surface area contributed by atoms with Crippen LogP contribution in [0.5, 0.6) is 0 Å². The van der Waals surface area contributed by atoms with E-state index in [0.29, 0.717) is 78.1 Å². The molecule has 0 spiro atoms. The lowest BCUT2D eigenvalue weighted by Crippen LogP contribution is -2.36. The van der Waals surface area contributed by atoms with Crippen LogP contribution in [-0.2, 0) is 22.3 Å². The lowest BCUT2D eigenvalue weighted by Gasteiger charge is -2.29. The molecule has 6 heterocycles. The molecule has 2 aliphatic rings. The SMILES string of the molecule is CCCc1nc2c(C(=O)O)cc(N3CCOCC3)cc2n1-c1ccnc2c(Cl)cccc12.CCCc1nc2c(C(N)=O)cc(N3CCOCC3)cc2n1-c1ccnc2c(Cl)cccc12. The number of imidazole rings is 2. The number of aromatic nitrogens is 6. The Morgan fingerprint density at radius 3 is 1.50 bits per heavy atom. The van der Waals surface area contributed by atoms with Crippen molar-refractivity contribution in [3.8, 4) is 11.4 Å². The number of fused-ring (bicyclic) bond motifs is 4. The number of morpholine rings is 2. The van der Waals surface area contributed by atoms with Gasteiger partial charge in [0.15, 0.2) is 0 Å². The number of anilines is 2. The van der Waals surface area contributed by atoms with Crippen molar-refractivity contribution in [2.24, 2.45) is 5.73 Å². The zero-order chi connectivity index (χ0) is 44.5. The molecule has 1 amide bonds. The Bertz CT molecular complexity index is 2860. The molecule has 0 radical (unpaired) electrons. The minimum atomic E-state index is -0.986. The lowest BCUT2D eigenvalue weighted by molar-refractivity contribution is 0.0698. The summed E-state index contributed by atoms with van der Waals surface area (Å²) in [6.07, 6.45) is 6.75. The fraction of sp³-hybridized carbons (Fsp3) is 0.292. The van der Waals surface area contributed by atoms with Crippen LogP contribution in [0.1, 0.15) is 59.1 Å². The van der Waals surface area contributed by atoms with Crippen LogP contribution >= 0.6 is 23.2 Å². The van der Waals surface area contributed by atoms with Crippen molar-refractivity contribution in [2.45, 2.75) is 39.5 Å². The zero-order valence-electron chi connectivity index (χ0n) is 35.6. The fourth-order valence-corrected chi connectivity index (χ4v) is 9.19. The molecule has 8 aromatic rings. The number of nitrogens with zero attached hydrogens (tertiary/aromatic N) is 8. The second kappa shape index (κ2) is 18.4. The van der Waals surface area contributed by atoms with Crippen molar-refractivity contribution in [3.63, 3.8) is 0 Å². The summed E-state index contributed by atoms with van der Waals surface area (Å²) in [7, 11) is 0. The summed E-state index contributed by atoms with van der Waals surface area (Å²) in [5.74, 6) is 0.217. The molecule has 4 aromatic heterocycles. The number of benzene rings is 4. The fourth-order valence-electron chi connectivity index (χ4n) is 8.74. The van der Waals surface area contributed by atoms with Crippen LogP contribution in [0.4, 0.5) is 11.4 Å². The Hall–Kier alpha value is -6.32. The summed E-state index contributed by atoms with van der Waals surface area (Å²) in [4.78, 5) is 47.6. The quantitative estimate of drug-likeness (QED) is 0.135. The first kappa shape index (κ1) is 43.0. The molecule has 14 nitrogen and oxygen atoms in total. The summed E-state index contributed by atoms with van der Waals surface area (Å²) >= 11 is 12.9. The third kappa shape index (κ3) is 8.06. The minimum Gasteiger partial charge on any atom is -0.478 e. The van der Waals surface area contributed by atoms with Crippen molar-refractivity contribution >= 4 is 90.3 Å². The molecule has 2 fully saturated rings. The molecule has 10 rings (SSSR count). The number of aromatic carboxylic acids is 1. The number of hydrogen-bond acceptors (Lipinski definition) is 10. The number of carboxylic acid groups (broad SMARTS) is 1. The van der Waals surface area contributed by atoms with Gasteiger partial charge in [-0.3, -0.25) is 23.9 Å². The molecular weight excluding hydrogens is 853 g/mol. The topological polar surface area (TPSA) is 167 Å². The number of carbonyl (C=O) groups excluding carboxylic acids is 1. The average molecular weight is 901 g/mol. The Morgan fingerprint density at radius 2 is 1.08 bits per heavy atom. The van der Waals surface area contributed by atoms with Crippen LogP contribution in [0.25, 0.3) is 55.2 Å². The van der Waals surface area contributed by atoms with E-state index in [-0.39, 0.29) is 5.56 Å². The summed E-state index contributed by atoms with van der Waals surface area (Å²) < 4.78 is 15.2. The third-order valence-corrected chi connectivity index (χ3v) is 12.3. The van der Waals surface area contributed by atoms with E-state index in [4.69, 9.17) is 48.4 Å². The first-order valence-corrected chi connectivity index (χ1v) is 22.3. The monoisotopic (exact) mass is 899 g/mol. The molecule has 2 aliphatic heterocycles. The van der Waals surface area contributed by atoms with Gasteiger partial charge in [0.2, 0.25) is 0 Å². The van der Waals surface area contributed by atoms with E-state index in [1.54, 1.807) is 18.5 Å². The van der Waals surface area contributed by atoms with Crippen LogP contribution < -0.4 is 15.5 Å². The minimum absolute atomic E-state index is 0.205. The number of halogens is 2. The molecule has 64 heavy (non-hydrogen) atoms. The van der Waals surface area contributed by atoms with E-state index in [0.717, 1.165) is 94.1 Å². The van der Waals surface area contributed by atoms with Crippen molar-refractivity contribution < 1.29 is 24.2 Å². The number of carboxylic acids is 1. The van der Waals surface area contributed by atoms with Gasteiger partial charge in [0, 0.05) is 73.6 Å². The maximum absolute atomic E-state index is 12.4. The first-order valence-electron chi connectivity index (χ1n) is 21.5. The molecule has 0 aliphatic carbocycles. The van der Waals surface area contributed by atoms with E-state index in [1.165, 1.54) is 0 Å². The number of pyridine rings is 2. The smallest absolute Gasteiger partial charge is 0.338 e. The maximum atomic E-state index is 12.4. The second-order valence-corrected chi connectivity index (χ2v) is 16.6. The number of hydrogen-bond donors (Lipinski definition) is 2. The molecule has 0 bridgehead atoms. The van der Waals surface area contributed by atoms with Gasteiger partial charge in [-0.1, -0.05) is 61.3 Å². The number of aryl methyl sites for hydroxylation is 2. The molecule has 16 heteroatoms. The first-order chi connectivity index (χ1) is 31.2. The van der Waals surface area contributed by atoms with E-state index in [9.17, 15) is 14.7 Å². The highest BCUT2D eigenvalue weighted by Crippen LogP contribution is 2.36. The summed E-state index contributed by atoms with van der Waals surface area (Å²) in [5, 5.41) is 13.0. The maximum Gasteiger partial charge on any atom is 0.338 e. The number of carbonyl (C=O) groups is 2. The summed E-state index contributed by atoms with van der Waals surface area (Å²) in [6.45, 7) is 9.68. The average Bonchev–Trinajstić information content (AvgIpc) is 3.86. The van der Waals surface area contributed by atoms with Crippen LogP contribution in [0.3, 0.4) is 0 Å². The Labute approximate surface area is 379 Å². The number of nitrogens with two attached hydrogens (primary N) is 1. The van der Waals surface area contributed by atoms with Crippen molar-refractivity contribution in [3.05, 3.63) is 118 Å². The van der Waals surface area contributed by atoms with E-state index in [2.05, 4.69) is 48.8 Å². The van der Waals surface area contributed by atoms with Crippen molar-refractivity contribution in [1.29, 1.82) is 0 Å². The van der Waals surface area contributed by atoms with E-state index < -0.39 is 11.9 Å². The van der Waals surface area contributed by atoms with Crippen molar-refractivity contribution in [1.82, 2.24) is 29.1 Å². The van der Waals surface area contributed by atoms with Crippen molar-refractivity contribution in [2.75, 3.05) is 62.4 Å². The lowest BCUT2D eigenvalue weighted by atomic mass is 10.1. The Kier molecular flexibility index (Phi) is 12.4. The van der Waals surface area contributed by atoms with Gasteiger partial charge >= 0.3 is 5.97 Å². The van der Waals surface area contributed by atoms with Crippen LogP contribution in [-0.4, -0.2) is 98.7 Å². The number of rotatable bonds is 10. The Morgan fingerprint density at radius 1 is 0.641 bits per heavy atom. The highest BCUT2D eigenvalue weighted by molar-refractivity contribution is 6.35. The molecule has 2 saturated heterocycles. The predicted molar refractivity (Wildman–Crippen MR) is 252 cm³/mol. The van der Waals surface area contributed by atoms with Crippen LogP contribution in [0.15, 0.2) is 85.2 Å². The molecular formula is C48H47Cl2N9O5. The van der Waals surface area contributed by atoms with Gasteiger partial charge in [0.1, 0.15) is 22.7 Å². The van der Waals surface area contributed by atoms with Gasteiger partial charge < -0.3 is 30.1 Å². The van der Waals surface area contributed by atoms with Gasteiger partial charge in [0.25, 0.3) is 5.91 Å². The molecule has 0 unspecified atom stereocenters. The van der Waals surface area contributed by atoms with Gasteiger partial charge in [-0.2, -0.15) is 0 Å². The predicted octanol–water partition coefficient (Wildman–Crippen LogP) is 8.83. The highest BCUT2D eigenvalue weighted by Gasteiger charge is 2.25. The van der Waals surface area contributed by atoms with Gasteiger partial charge in [-0.05, 0) is 61.4 Å². The number of ether oxygens (including phenoxy) is 2. The highest BCUT2D eigenvalue weighted by atomic mass is 35.5. The number of amides is 1. The van der Waals surface area contributed by atoms with Crippen LogP contribution in [0, 0.1) is 0 Å². The largest absolute Gasteiger partial charge is 0.478 e. The second-order valence-electron chi connectivity index (χ2n) is 15.7. The molecule has 0 saturated carbocycles. The molecule has 3 N–H and O–H groups in total. The van der Waals surface area contributed by atoms with Gasteiger partial charge in [-0.15, -0.1) is 0 Å². The van der Waals surface area contributed by atoms with Gasteiger partial charge in [0.05, 0.1) is 81.0 Å². The molecule has 0 atom stereocenters.